The summed E-state index contributed by atoms with van der Waals surface area (Å²) < 4.78 is 5.54. The predicted octanol–water partition coefficient (Wildman–Crippen LogP) is 3.89. The molecule has 1 atom stereocenters. The smallest absolute Gasteiger partial charge is 0.105 e. The highest BCUT2D eigenvalue weighted by molar-refractivity contribution is 7.09. The topological polar surface area (TPSA) is 52.0 Å². The lowest BCUT2D eigenvalue weighted by atomic mass is 9.93. The van der Waals surface area contributed by atoms with Crippen molar-refractivity contribution < 1.29 is 4.42 Å². The van der Waals surface area contributed by atoms with Crippen molar-refractivity contribution in [2.24, 2.45) is 5.73 Å². The lowest BCUT2D eigenvalue weighted by Gasteiger charge is -2.14. The Bertz CT molecular complexity index is 563. The van der Waals surface area contributed by atoms with Crippen LogP contribution in [-0.2, 0) is 11.8 Å². The molecule has 3 nitrogen and oxygen atoms in total. The average Bonchev–Trinajstić information content (AvgIpc) is 2.84. The normalized spacial score (nSPS) is 13.8. The number of rotatable bonds is 3. The standard InChI is InChI=1S/C15H22N2OS/c1-9-6-11(10(2)18-9)12(16)7-14-17-13(8-19-14)15(3,4)5/h6,8,12H,7,16H2,1-5H3. The fourth-order valence-corrected chi connectivity index (χ4v) is 3.15. The third-order valence-corrected chi connectivity index (χ3v) is 4.06. The molecular formula is C15H22N2OS. The summed E-state index contributed by atoms with van der Waals surface area (Å²) in [4.78, 5) is 4.69. The Hall–Kier alpha value is -1.13. The van der Waals surface area contributed by atoms with Gasteiger partial charge < -0.3 is 10.2 Å². The molecule has 0 bridgehead atoms. The third-order valence-electron chi connectivity index (χ3n) is 3.19. The van der Waals surface area contributed by atoms with Gasteiger partial charge in [0, 0.05) is 28.8 Å². The van der Waals surface area contributed by atoms with E-state index in [1.807, 2.05) is 19.9 Å². The van der Waals surface area contributed by atoms with Crippen molar-refractivity contribution >= 4 is 11.3 Å². The molecule has 2 aromatic rings. The number of hydrogen-bond donors (Lipinski definition) is 1. The summed E-state index contributed by atoms with van der Waals surface area (Å²) in [6.45, 7) is 10.4. The van der Waals surface area contributed by atoms with Gasteiger partial charge in [0.05, 0.1) is 10.7 Å². The molecule has 0 radical (unpaired) electrons. The van der Waals surface area contributed by atoms with Crippen molar-refractivity contribution in [1.82, 2.24) is 4.98 Å². The molecule has 104 valence electrons. The second kappa shape index (κ2) is 5.10. The van der Waals surface area contributed by atoms with Crippen LogP contribution in [0.1, 0.15) is 54.6 Å². The summed E-state index contributed by atoms with van der Waals surface area (Å²) in [5, 5.41) is 3.23. The van der Waals surface area contributed by atoms with Crippen LogP contribution in [0, 0.1) is 13.8 Å². The van der Waals surface area contributed by atoms with Crippen LogP contribution in [-0.4, -0.2) is 4.98 Å². The van der Waals surface area contributed by atoms with E-state index in [4.69, 9.17) is 15.1 Å². The lowest BCUT2D eigenvalue weighted by Crippen LogP contribution is -2.15. The van der Waals surface area contributed by atoms with Gasteiger partial charge in [-0.2, -0.15) is 0 Å². The van der Waals surface area contributed by atoms with E-state index in [1.165, 1.54) is 0 Å². The number of aromatic nitrogens is 1. The SMILES string of the molecule is Cc1cc(C(N)Cc2nc(C(C)(C)C)cs2)c(C)o1. The van der Waals surface area contributed by atoms with Crippen molar-refractivity contribution in [1.29, 1.82) is 0 Å². The van der Waals surface area contributed by atoms with Crippen LogP contribution in [0.5, 0.6) is 0 Å². The van der Waals surface area contributed by atoms with Crippen LogP contribution < -0.4 is 5.73 Å². The molecular weight excluding hydrogens is 256 g/mol. The fraction of sp³-hybridized carbons (Fsp3) is 0.533. The summed E-state index contributed by atoms with van der Waals surface area (Å²) in [5.74, 6) is 1.83. The maximum Gasteiger partial charge on any atom is 0.105 e. The van der Waals surface area contributed by atoms with Crippen molar-refractivity contribution in [2.45, 2.75) is 52.5 Å². The molecule has 2 N–H and O–H groups in total. The van der Waals surface area contributed by atoms with Gasteiger partial charge in [-0.25, -0.2) is 4.98 Å². The molecule has 0 saturated heterocycles. The van der Waals surface area contributed by atoms with E-state index >= 15 is 0 Å². The zero-order valence-electron chi connectivity index (χ0n) is 12.3. The molecule has 0 aliphatic rings. The van der Waals surface area contributed by atoms with Crippen LogP contribution in [0.2, 0.25) is 0 Å². The average molecular weight is 278 g/mol. The molecule has 1 unspecified atom stereocenters. The molecule has 4 heteroatoms. The van der Waals surface area contributed by atoms with Crippen LogP contribution in [0.25, 0.3) is 0 Å². The number of thiazole rings is 1. The van der Waals surface area contributed by atoms with Gasteiger partial charge in [-0.3, -0.25) is 0 Å². The Balaban J connectivity index is 2.13. The van der Waals surface area contributed by atoms with Crippen molar-refractivity contribution in [2.75, 3.05) is 0 Å². The van der Waals surface area contributed by atoms with Gasteiger partial charge in [0.1, 0.15) is 11.5 Å². The second-order valence-corrected chi connectivity index (χ2v) is 7.00. The molecule has 2 rings (SSSR count). The number of furan rings is 1. The molecule has 2 aromatic heterocycles. The second-order valence-electron chi connectivity index (χ2n) is 6.06. The summed E-state index contributed by atoms with van der Waals surface area (Å²) >= 11 is 1.69. The van der Waals surface area contributed by atoms with E-state index in [9.17, 15) is 0 Å². The monoisotopic (exact) mass is 278 g/mol. The van der Waals surface area contributed by atoms with Gasteiger partial charge in [-0.15, -0.1) is 11.3 Å². The Morgan fingerprint density at radius 1 is 1.37 bits per heavy atom. The molecule has 2 heterocycles. The third kappa shape index (κ3) is 3.25. The molecule has 0 spiro atoms. The molecule has 0 saturated carbocycles. The van der Waals surface area contributed by atoms with Crippen LogP contribution in [0.4, 0.5) is 0 Å². The van der Waals surface area contributed by atoms with E-state index in [1.54, 1.807) is 11.3 Å². The first-order valence-electron chi connectivity index (χ1n) is 6.55. The minimum absolute atomic E-state index is 0.0450. The first kappa shape index (κ1) is 14.3. The van der Waals surface area contributed by atoms with E-state index in [0.29, 0.717) is 0 Å². The zero-order chi connectivity index (χ0) is 14.2. The van der Waals surface area contributed by atoms with Crippen molar-refractivity contribution in [3.8, 4) is 0 Å². The van der Waals surface area contributed by atoms with Gasteiger partial charge in [0.2, 0.25) is 0 Å². The van der Waals surface area contributed by atoms with E-state index in [2.05, 4.69) is 26.2 Å². The molecule has 19 heavy (non-hydrogen) atoms. The summed E-state index contributed by atoms with van der Waals surface area (Å²) in [5.41, 5.74) is 8.59. The fourth-order valence-electron chi connectivity index (χ4n) is 2.07. The van der Waals surface area contributed by atoms with E-state index < -0.39 is 0 Å². The molecule has 0 fully saturated rings. The summed E-state index contributed by atoms with van der Waals surface area (Å²) in [7, 11) is 0. The Morgan fingerprint density at radius 2 is 2.05 bits per heavy atom. The largest absolute Gasteiger partial charge is 0.466 e. The van der Waals surface area contributed by atoms with Crippen LogP contribution in [0.3, 0.4) is 0 Å². The lowest BCUT2D eigenvalue weighted by molar-refractivity contribution is 0.497. The van der Waals surface area contributed by atoms with Crippen molar-refractivity contribution in [3.05, 3.63) is 39.2 Å². The van der Waals surface area contributed by atoms with Gasteiger partial charge in [-0.05, 0) is 19.9 Å². The first-order chi connectivity index (χ1) is 8.77. The predicted molar refractivity (Wildman–Crippen MR) is 79.6 cm³/mol. The van der Waals surface area contributed by atoms with E-state index in [-0.39, 0.29) is 11.5 Å². The highest BCUT2D eigenvalue weighted by atomic mass is 32.1. The number of aryl methyl sites for hydroxylation is 2. The Morgan fingerprint density at radius 3 is 2.53 bits per heavy atom. The van der Waals surface area contributed by atoms with Gasteiger partial charge in [0.25, 0.3) is 0 Å². The van der Waals surface area contributed by atoms with Crippen LogP contribution >= 0.6 is 11.3 Å². The first-order valence-corrected chi connectivity index (χ1v) is 7.42. The minimum atomic E-state index is -0.0450. The highest BCUT2D eigenvalue weighted by Gasteiger charge is 2.20. The van der Waals surface area contributed by atoms with Gasteiger partial charge in [-0.1, -0.05) is 20.8 Å². The summed E-state index contributed by atoms with van der Waals surface area (Å²) in [6, 6.07) is 1.98. The van der Waals surface area contributed by atoms with E-state index in [0.717, 1.165) is 34.2 Å². The van der Waals surface area contributed by atoms with Crippen molar-refractivity contribution in [3.63, 3.8) is 0 Å². The summed E-state index contributed by atoms with van der Waals surface area (Å²) in [6.07, 6.45) is 0.764. The maximum atomic E-state index is 6.27. The zero-order valence-corrected chi connectivity index (χ0v) is 13.1. The molecule has 0 aromatic carbocycles. The minimum Gasteiger partial charge on any atom is -0.466 e. The molecule has 0 aliphatic carbocycles. The van der Waals surface area contributed by atoms with Gasteiger partial charge >= 0.3 is 0 Å². The van der Waals surface area contributed by atoms with Crippen LogP contribution in [0.15, 0.2) is 15.9 Å². The quantitative estimate of drug-likeness (QED) is 0.926. The number of hydrogen-bond acceptors (Lipinski definition) is 4. The van der Waals surface area contributed by atoms with Gasteiger partial charge in [0.15, 0.2) is 0 Å². The number of nitrogens with zero attached hydrogens (tertiary/aromatic N) is 1. The Kier molecular flexibility index (Phi) is 3.83. The highest BCUT2D eigenvalue weighted by Crippen LogP contribution is 2.27. The number of nitrogens with two attached hydrogens (primary N) is 1. The maximum absolute atomic E-state index is 6.27. The molecule has 0 aliphatic heterocycles. The Labute approximate surface area is 118 Å². The molecule has 0 amide bonds.